The highest BCUT2D eigenvalue weighted by atomic mass is 32.1. The normalized spacial score (nSPS) is 10.4. The molecule has 0 fully saturated rings. The number of alkyl halides is 2. The topological polar surface area (TPSA) is 49.4 Å². The number of carbonyl (C=O) groups excluding carboxylic acids is 2. The maximum atomic E-state index is 12.6. The van der Waals surface area contributed by atoms with Crippen molar-refractivity contribution >= 4 is 30.4 Å². The van der Waals surface area contributed by atoms with Gasteiger partial charge in [-0.15, -0.1) is 0 Å². The monoisotopic (exact) mass is 322 g/mol. The number of amides is 3. The summed E-state index contributed by atoms with van der Waals surface area (Å²) in [5.41, 5.74) is 0.217. The van der Waals surface area contributed by atoms with Gasteiger partial charge in [-0.3, -0.25) is 4.79 Å². The quantitative estimate of drug-likeness (QED) is 0.834. The van der Waals surface area contributed by atoms with E-state index in [1.165, 1.54) is 30.3 Å². The average Bonchev–Trinajstić information content (AvgIpc) is 2.54. The Labute approximate surface area is 131 Å². The first-order valence-electron chi connectivity index (χ1n) is 6.26. The molecule has 0 saturated carbocycles. The molecule has 0 saturated heterocycles. The zero-order valence-corrected chi connectivity index (χ0v) is 12.1. The Morgan fingerprint density at radius 3 is 2.36 bits per heavy atom. The minimum atomic E-state index is -2.64. The fourth-order valence-corrected chi connectivity index (χ4v) is 1.89. The standard InChI is InChI=1S/C15H12F2N2O2S/c16-13(17)11-7-4-8-12(9-11)18-15(21)19(22)14(20)10-5-2-1-3-6-10/h1-9,13,22H,(H,18,21). The van der Waals surface area contributed by atoms with Crippen LogP contribution in [0.4, 0.5) is 19.3 Å². The molecule has 0 aromatic heterocycles. The third-order valence-corrected chi connectivity index (χ3v) is 3.16. The molecule has 4 nitrogen and oxygen atoms in total. The summed E-state index contributed by atoms with van der Waals surface area (Å²) in [6, 6.07) is 12.5. The minimum absolute atomic E-state index is 0.155. The third kappa shape index (κ3) is 3.82. The summed E-state index contributed by atoms with van der Waals surface area (Å²) < 4.78 is 25.8. The molecule has 0 radical (unpaired) electrons. The number of nitrogens with zero attached hydrogens (tertiary/aromatic N) is 1. The van der Waals surface area contributed by atoms with Crippen molar-refractivity contribution in [3.8, 4) is 0 Å². The van der Waals surface area contributed by atoms with Gasteiger partial charge in [0.15, 0.2) is 0 Å². The largest absolute Gasteiger partial charge is 0.338 e. The highest BCUT2D eigenvalue weighted by Crippen LogP contribution is 2.22. The Bertz CT molecular complexity index is 680. The maximum Gasteiger partial charge on any atom is 0.338 e. The van der Waals surface area contributed by atoms with Crippen LogP contribution in [0, 0.1) is 0 Å². The Balaban J connectivity index is 2.08. The van der Waals surface area contributed by atoms with Crippen LogP contribution >= 0.6 is 12.8 Å². The summed E-state index contributed by atoms with van der Waals surface area (Å²) in [6.07, 6.45) is -2.64. The third-order valence-electron chi connectivity index (χ3n) is 2.80. The van der Waals surface area contributed by atoms with E-state index in [0.717, 1.165) is 6.07 Å². The lowest BCUT2D eigenvalue weighted by Gasteiger charge is -2.15. The highest BCUT2D eigenvalue weighted by molar-refractivity contribution is 7.79. The van der Waals surface area contributed by atoms with Gasteiger partial charge in [-0.25, -0.2) is 17.9 Å². The predicted octanol–water partition coefficient (Wildman–Crippen LogP) is 4.14. The molecule has 1 N–H and O–H groups in total. The molecular formula is C15H12F2N2O2S. The average molecular weight is 322 g/mol. The Kier molecular flexibility index (Phi) is 5.11. The minimum Gasteiger partial charge on any atom is -0.307 e. The van der Waals surface area contributed by atoms with Crippen LogP contribution in [0.2, 0.25) is 0 Å². The molecule has 2 aromatic rings. The van der Waals surface area contributed by atoms with Crippen molar-refractivity contribution in [1.29, 1.82) is 0 Å². The molecule has 0 spiro atoms. The Hall–Kier alpha value is -2.41. The summed E-state index contributed by atoms with van der Waals surface area (Å²) in [5.74, 6) is -0.619. The van der Waals surface area contributed by atoms with E-state index in [4.69, 9.17) is 0 Å². The van der Waals surface area contributed by atoms with Crippen LogP contribution < -0.4 is 5.32 Å². The van der Waals surface area contributed by atoms with Crippen molar-refractivity contribution in [1.82, 2.24) is 4.31 Å². The van der Waals surface area contributed by atoms with Gasteiger partial charge in [-0.2, -0.15) is 0 Å². The smallest absolute Gasteiger partial charge is 0.307 e. The fraction of sp³-hybridized carbons (Fsp3) is 0.0667. The van der Waals surface area contributed by atoms with E-state index in [2.05, 4.69) is 18.1 Å². The number of rotatable bonds is 3. The van der Waals surface area contributed by atoms with Gasteiger partial charge in [0, 0.05) is 16.8 Å². The van der Waals surface area contributed by atoms with Crippen molar-refractivity contribution in [3.63, 3.8) is 0 Å². The number of hydrogen-bond acceptors (Lipinski definition) is 3. The molecule has 2 rings (SSSR count). The van der Waals surface area contributed by atoms with Crippen LogP contribution in [0.5, 0.6) is 0 Å². The molecule has 114 valence electrons. The molecule has 7 heteroatoms. The zero-order valence-electron chi connectivity index (χ0n) is 11.2. The van der Waals surface area contributed by atoms with Gasteiger partial charge in [0.2, 0.25) is 0 Å². The number of benzene rings is 2. The number of carbonyl (C=O) groups is 2. The lowest BCUT2D eigenvalue weighted by atomic mass is 10.2. The summed E-state index contributed by atoms with van der Waals surface area (Å²) in [6.45, 7) is 0. The molecule has 0 bridgehead atoms. The molecule has 0 aliphatic rings. The maximum absolute atomic E-state index is 12.6. The molecule has 3 amide bonds. The second-order valence-corrected chi connectivity index (χ2v) is 4.74. The van der Waals surface area contributed by atoms with Crippen LogP contribution in [-0.4, -0.2) is 16.2 Å². The van der Waals surface area contributed by atoms with Gasteiger partial charge in [0.1, 0.15) is 0 Å². The van der Waals surface area contributed by atoms with Crippen LogP contribution in [-0.2, 0) is 0 Å². The number of halogens is 2. The molecule has 0 aliphatic carbocycles. The van der Waals surface area contributed by atoms with Crippen LogP contribution in [0.25, 0.3) is 0 Å². The Morgan fingerprint density at radius 1 is 1.05 bits per heavy atom. The van der Waals surface area contributed by atoms with E-state index in [9.17, 15) is 18.4 Å². The number of nitrogens with one attached hydrogen (secondary N) is 1. The predicted molar refractivity (Wildman–Crippen MR) is 82.0 cm³/mol. The summed E-state index contributed by atoms with van der Waals surface area (Å²) >= 11 is 3.85. The number of urea groups is 1. The number of hydrogen-bond donors (Lipinski definition) is 2. The van der Waals surface area contributed by atoms with Crippen molar-refractivity contribution in [3.05, 3.63) is 65.7 Å². The molecule has 0 atom stereocenters. The van der Waals surface area contributed by atoms with Crippen LogP contribution in [0.15, 0.2) is 54.6 Å². The van der Waals surface area contributed by atoms with Gasteiger partial charge >= 0.3 is 6.03 Å². The van der Waals surface area contributed by atoms with Gasteiger partial charge in [-0.1, -0.05) is 43.1 Å². The van der Waals surface area contributed by atoms with Crippen molar-refractivity contribution in [2.75, 3.05) is 5.32 Å². The van der Waals surface area contributed by atoms with Gasteiger partial charge in [0.05, 0.1) is 0 Å². The molecule has 0 heterocycles. The second kappa shape index (κ2) is 7.04. The van der Waals surface area contributed by atoms with E-state index in [1.807, 2.05) is 0 Å². The lowest BCUT2D eigenvalue weighted by Crippen LogP contribution is -2.32. The molecule has 0 aliphatic heterocycles. The van der Waals surface area contributed by atoms with Gasteiger partial charge in [-0.05, 0) is 24.3 Å². The van der Waals surface area contributed by atoms with E-state index in [1.54, 1.807) is 18.2 Å². The van der Waals surface area contributed by atoms with Crippen LogP contribution in [0.3, 0.4) is 0 Å². The first-order chi connectivity index (χ1) is 10.5. The summed E-state index contributed by atoms with van der Waals surface area (Å²) in [5, 5.41) is 2.34. The van der Waals surface area contributed by atoms with E-state index < -0.39 is 18.4 Å². The lowest BCUT2D eigenvalue weighted by molar-refractivity contribution is 0.0901. The fourth-order valence-electron chi connectivity index (χ4n) is 1.72. The van der Waals surface area contributed by atoms with Crippen molar-refractivity contribution in [2.45, 2.75) is 6.43 Å². The molecular weight excluding hydrogens is 310 g/mol. The molecule has 22 heavy (non-hydrogen) atoms. The van der Waals surface area contributed by atoms with Crippen molar-refractivity contribution < 1.29 is 18.4 Å². The van der Waals surface area contributed by atoms with E-state index >= 15 is 0 Å². The SMILES string of the molecule is O=C(Nc1cccc(C(F)F)c1)N(S)C(=O)c1ccccc1. The highest BCUT2D eigenvalue weighted by Gasteiger charge is 2.20. The second-order valence-electron chi connectivity index (χ2n) is 4.34. The van der Waals surface area contributed by atoms with Crippen molar-refractivity contribution in [2.24, 2.45) is 0 Å². The first-order valence-corrected chi connectivity index (χ1v) is 6.66. The number of anilines is 1. The first kappa shape index (κ1) is 16.0. The molecule has 0 unspecified atom stereocenters. The number of imide groups is 1. The Morgan fingerprint density at radius 2 is 1.73 bits per heavy atom. The number of thiol groups is 1. The van der Waals surface area contributed by atoms with Gasteiger partial charge in [0.25, 0.3) is 12.3 Å². The van der Waals surface area contributed by atoms with Crippen LogP contribution in [0.1, 0.15) is 22.3 Å². The summed E-state index contributed by atoms with van der Waals surface area (Å²) in [7, 11) is 0. The van der Waals surface area contributed by atoms with E-state index in [-0.39, 0.29) is 16.8 Å². The summed E-state index contributed by atoms with van der Waals surface area (Å²) in [4.78, 5) is 24.0. The van der Waals surface area contributed by atoms with E-state index in [0.29, 0.717) is 4.31 Å². The van der Waals surface area contributed by atoms with Gasteiger partial charge < -0.3 is 5.32 Å². The molecule has 2 aromatic carbocycles. The zero-order chi connectivity index (χ0) is 16.1.